The Bertz CT molecular complexity index is 3900. The Morgan fingerprint density at radius 3 is 0.548 bits per heavy atom. The Morgan fingerprint density at radius 1 is 0.214 bits per heavy atom. The fourth-order valence-electron chi connectivity index (χ4n) is 22.9. The van der Waals surface area contributed by atoms with Gasteiger partial charge in [-0.2, -0.15) is 0 Å². The average Bonchev–Trinajstić information content (AvgIpc) is 1.33. The highest BCUT2D eigenvalue weighted by Gasteiger charge is 2.56. The topological polar surface area (TPSA) is 14.8 Å². The molecule has 0 bridgehead atoms. The second-order valence-electron chi connectivity index (χ2n) is 30.6. The van der Waals surface area contributed by atoms with E-state index in [9.17, 15) is 0 Å². The summed E-state index contributed by atoms with van der Waals surface area (Å²) in [6.45, 7) is 0.533. The molecular formula is C78H78B3N3. The lowest BCUT2D eigenvalue weighted by Gasteiger charge is -2.46. The smallest absolute Gasteiger partial charge is 0.252 e. The summed E-state index contributed by atoms with van der Waals surface area (Å²) in [6, 6.07) is 34.3. The minimum atomic E-state index is 0.178. The molecule has 10 aromatic rings. The van der Waals surface area contributed by atoms with Crippen molar-refractivity contribution in [3.63, 3.8) is 0 Å². The van der Waals surface area contributed by atoms with Crippen molar-refractivity contribution in [1.82, 2.24) is 13.7 Å². The molecule has 0 amide bonds. The van der Waals surface area contributed by atoms with Gasteiger partial charge in [-0.3, -0.25) is 0 Å². The molecule has 3 aromatic heterocycles. The highest BCUT2D eigenvalue weighted by atomic mass is 15.1. The molecule has 0 unspecified atom stereocenters. The SMILES string of the molecule is c1c(C2CCCCC2)cc2c3cc(C4CCCCC4)cc4c3n3c2c1B1c2c-3c3c5c6c2-n2c7c1cc(C1CCCCC1)cc7c1cc(C7CCCCC7)cc(c12)B6c1cc(C2CCCCC2)cc2c6cc(C7CCCCC7)cc(c6n-5c12)B34. The molecule has 414 valence electrons. The Kier molecular flexibility index (Phi) is 9.58. The number of nitrogens with zero attached hydrogens (tertiary/aromatic N) is 3. The van der Waals surface area contributed by atoms with E-state index in [0.717, 1.165) is 0 Å². The second-order valence-corrected chi connectivity index (χ2v) is 30.6. The molecule has 6 aliphatic heterocycles. The summed E-state index contributed by atoms with van der Waals surface area (Å²) in [6.07, 6.45) is 40.8. The molecule has 0 spiro atoms. The lowest BCUT2D eigenvalue weighted by Crippen LogP contribution is -2.72. The van der Waals surface area contributed by atoms with Crippen LogP contribution >= 0.6 is 0 Å². The van der Waals surface area contributed by atoms with E-state index < -0.39 is 0 Å². The van der Waals surface area contributed by atoms with Crippen LogP contribution in [-0.2, 0) is 0 Å². The maximum Gasteiger partial charge on any atom is 0.252 e. The Morgan fingerprint density at radius 2 is 0.381 bits per heavy atom. The first-order valence-electron chi connectivity index (χ1n) is 35.4. The van der Waals surface area contributed by atoms with Gasteiger partial charge in [0.15, 0.2) is 0 Å². The van der Waals surface area contributed by atoms with Crippen molar-refractivity contribution in [1.29, 1.82) is 0 Å². The van der Waals surface area contributed by atoms with Crippen LogP contribution < -0.4 is 49.2 Å². The third-order valence-electron chi connectivity index (χ3n) is 26.6. The van der Waals surface area contributed by atoms with Gasteiger partial charge in [-0.05, 0) is 232 Å². The molecular weight excluding hydrogens is 1010 g/mol. The van der Waals surface area contributed by atoms with Gasteiger partial charge in [0, 0.05) is 82.5 Å². The summed E-state index contributed by atoms with van der Waals surface area (Å²) in [7, 11) is 0. The average molecular weight is 1090 g/mol. The van der Waals surface area contributed by atoms with Crippen molar-refractivity contribution in [3.05, 3.63) is 106 Å². The van der Waals surface area contributed by atoms with Crippen molar-refractivity contribution in [2.24, 2.45) is 0 Å². The molecule has 7 aromatic carbocycles. The maximum atomic E-state index is 3.03. The normalized spacial score (nSPS) is 21.9. The molecule has 0 saturated heterocycles. The van der Waals surface area contributed by atoms with Gasteiger partial charge < -0.3 is 13.7 Å². The summed E-state index contributed by atoms with van der Waals surface area (Å²) in [5.41, 5.74) is 39.0. The molecule has 6 heteroatoms. The van der Waals surface area contributed by atoms with Crippen LogP contribution in [0.4, 0.5) is 0 Å². The Hall–Kier alpha value is -5.87. The van der Waals surface area contributed by atoms with Crippen molar-refractivity contribution in [2.45, 2.75) is 228 Å². The van der Waals surface area contributed by atoms with Crippen molar-refractivity contribution < 1.29 is 0 Å². The van der Waals surface area contributed by atoms with Crippen LogP contribution in [0.2, 0.25) is 0 Å². The largest absolute Gasteiger partial charge is 0.311 e. The molecule has 6 aliphatic carbocycles. The first-order valence-corrected chi connectivity index (χ1v) is 35.4. The van der Waals surface area contributed by atoms with E-state index in [0.29, 0.717) is 35.5 Å². The van der Waals surface area contributed by atoms with Crippen molar-refractivity contribution >= 4 is 135 Å². The van der Waals surface area contributed by atoms with Gasteiger partial charge in [-0.25, -0.2) is 0 Å². The second kappa shape index (κ2) is 17.0. The van der Waals surface area contributed by atoms with E-state index in [4.69, 9.17) is 0 Å². The molecule has 12 aliphatic rings. The fraction of sp³-hybridized carbons (Fsp3) is 0.462. The third-order valence-corrected chi connectivity index (χ3v) is 26.6. The summed E-state index contributed by atoms with van der Waals surface area (Å²) in [4.78, 5) is 0. The number of benzene rings is 7. The summed E-state index contributed by atoms with van der Waals surface area (Å²) in [5, 5.41) is 9.48. The van der Waals surface area contributed by atoms with Crippen LogP contribution in [0.3, 0.4) is 0 Å². The van der Waals surface area contributed by atoms with E-state index in [-0.39, 0.29) is 20.1 Å². The predicted molar refractivity (Wildman–Crippen MR) is 358 cm³/mol. The number of aromatic nitrogens is 3. The van der Waals surface area contributed by atoms with Crippen LogP contribution in [0, 0.1) is 0 Å². The summed E-state index contributed by atoms with van der Waals surface area (Å²) >= 11 is 0. The van der Waals surface area contributed by atoms with Crippen LogP contribution in [0.25, 0.3) is 82.5 Å². The Balaban J connectivity index is 0.970. The molecule has 0 atom stereocenters. The lowest BCUT2D eigenvalue weighted by molar-refractivity contribution is 0.444. The minimum Gasteiger partial charge on any atom is -0.311 e. The zero-order valence-electron chi connectivity index (χ0n) is 49.7. The van der Waals surface area contributed by atoms with Crippen molar-refractivity contribution in [3.8, 4) is 17.1 Å². The lowest BCUT2D eigenvalue weighted by atomic mass is 9.26. The highest BCUT2D eigenvalue weighted by Crippen LogP contribution is 2.51. The first kappa shape index (κ1) is 47.3. The predicted octanol–water partition coefficient (Wildman–Crippen LogP) is 14.7. The number of hydrogen-bond donors (Lipinski definition) is 0. The number of hydrogen-bond acceptors (Lipinski definition) is 0. The third kappa shape index (κ3) is 5.89. The highest BCUT2D eigenvalue weighted by molar-refractivity contribution is 7.08. The van der Waals surface area contributed by atoms with Gasteiger partial charge in [-0.1, -0.05) is 152 Å². The first-order chi connectivity index (χ1) is 41.7. The van der Waals surface area contributed by atoms with Gasteiger partial charge >= 0.3 is 0 Å². The van der Waals surface area contributed by atoms with Gasteiger partial charge in [0.2, 0.25) is 0 Å². The van der Waals surface area contributed by atoms with Crippen LogP contribution in [0.1, 0.15) is 262 Å². The van der Waals surface area contributed by atoms with E-state index in [1.165, 1.54) is 193 Å². The Labute approximate surface area is 496 Å². The van der Waals surface area contributed by atoms with Gasteiger partial charge in [-0.15, -0.1) is 0 Å². The molecule has 0 radical (unpaired) electrons. The van der Waals surface area contributed by atoms with Crippen LogP contribution in [0.15, 0.2) is 72.8 Å². The van der Waals surface area contributed by atoms with Gasteiger partial charge in [0.1, 0.15) is 0 Å². The molecule has 3 nitrogen and oxygen atoms in total. The summed E-state index contributed by atoms with van der Waals surface area (Å²) < 4.78 is 9.08. The van der Waals surface area contributed by atoms with Crippen molar-refractivity contribution in [2.75, 3.05) is 0 Å². The molecule has 22 rings (SSSR count). The zero-order chi connectivity index (χ0) is 53.9. The number of rotatable bonds is 6. The summed E-state index contributed by atoms with van der Waals surface area (Å²) in [5.74, 6) is 3.78. The van der Waals surface area contributed by atoms with Gasteiger partial charge in [0.25, 0.3) is 20.1 Å². The van der Waals surface area contributed by atoms with E-state index >= 15 is 0 Å². The molecule has 0 N–H and O–H groups in total. The van der Waals surface area contributed by atoms with Crippen LogP contribution in [0.5, 0.6) is 0 Å². The number of fused-ring (bicyclic) bond motifs is 9. The molecule has 6 fully saturated rings. The van der Waals surface area contributed by atoms with E-state index in [1.807, 2.05) is 0 Å². The van der Waals surface area contributed by atoms with Crippen LogP contribution in [-0.4, -0.2) is 33.8 Å². The maximum absolute atomic E-state index is 3.03. The molecule has 6 saturated carbocycles. The minimum absolute atomic E-state index is 0.178. The zero-order valence-corrected chi connectivity index (χ0v) is 49.7. The monoisotopic (exact) mass is 1090 g/mol. The molecule has 9 heterocycles. The van der Waals surface area contributed by atoms with E-state index in [2.05, 4.69) is 86.5 Å². The van der Waals surface area contributed by atoms with E-state index in [1.54, 1.807) is 165 Å². The quantitative estimate of drug-likeness (QED) is 0.147. The molecule has 84 heavy (non-hydrogen) atoms. The fourth-order valence-corrected chi connectivity index (χ4v) is 22.9. The standard InChI is InChI=1S/C78H78B3N3/c1-7-19-43(20-8-1)49-31-55-56-32-50(44-21-9-2-10-22-44)39-63-71(56)82-70(55)61(37-49)79-62-38-51(45-23-11-3-12-24-45)33-57-58-34-52(46-25-13-4-14-26-46)41-65-73(58)83(72(57)62)77-67(79)76(82)68-78-69(77)81(65)66-42-54(48-29-17-6-18-30-48)36-60-59-35-53(47-27-15-5-16-28-47)40-64(80(63)68)74(59)84(78)75(60)66/h31-48H,1-30H2. The van der Waals surface area contributed by atoms with Gasteiger partial charge in [0.05, 0.1) is 0 Å².